The molecule has 1 atom stereocenters. The van der Waals surface area contributed by atoms with Crippen molar-refractivity contribution in [3.63, 3.8) is 0 Å². The molecule has 6 heteroatoms. The van der Waals surface area contributed by atoms with Crippen LogP contribution in [0.1, 0.15) is 24.0 Å². The first-order valence-corrected chi connectivity index (χ1v) is 8.63. The second-order valence-electron chi connectivity index (χ2n) is 6.51. The third-order valence-electron chi connectivity index (χ3n) is 4.54. The third kappa shape index (κ3) is 3.96. The lowest BCUT2D eigenvalue weighted by Gasteiger charge is -2.25. The van der Waals surface area contributed by atoms with Crippen molar-refractivity contribution >= 4 is 22.8 Å². The number of fused-ring (bicyclic) bond motifs is 1. The van der Waals surface area contributed by atoms with Crippen LogP contribution in [0.2, 0.25) is 0 Å². The normalized spacial score (nSPS) is 12.0. The molecule has 0 spiro atoms. The first-order valence-electron chi connectivity index (χ1n) is 8.63. The van der Waals surface area contributed by atoms with Gasteiger partial charge in [-0.25, -0.2) is 14.8 Å². The Hall–Kier alpha value is -3.02. The number of aryl methyl sites for hydroxylation is 2. The van der Waals surface area contributed by atoms with Gasteiger partial charge in [-0.2, -0.15) is 0 Å². The Bertz CT molecular complexity index is 926. The molecule has 2 aromatic heterocycles. The van der Waals surface area contributed by atoms with E-state index in [1.807, 2.05) is 57.2 Å². The van der Waals surface area contributed by atoms with Gasteiger partial charge in [0.1, 0.15) is 0 Å². The molecule has 1 N–H and O–H groups in total. The van der Waals surface area contributed by atoms with Gasteiger partial charge in [-0.15, -0.1) is 0 Å². The van der Waals surface area contributed by atoms with Gasteiger partial charge >= 0.3 is 6.03 Å². The van der Waals surface area contributed by atoms with E-state index < -0.39 is 0 Å². The fraction of sp³-hybridized carbons (Fsp3) is 0.300. The number of urea groups is 1. The van der Waals surface area contributed by atoms with Crippen molar-refractivity contribution in [3.05, 3.63) is 59.7 Å². The molecule has 1 aromatic carbocycles. The highest BCUT2D eigenvalue weighted by Crippen LogP contribution is 2.18. The van der Waals surface area contributed by atoms with Gasteiger partial charge in [0.15, 0.2) is 0 Å². The molecule has 0 fully saturated rings. The Morgan fingerprint density at radius 1 is 1.12 bits per heavy atom. The molecule has 0 unspecified atom stereocenters. The minimum absolute atomic E-state index is 0.0232. The fourth-order valence-corrected chi connectivity index (χ4v) is 2.68. The first-order chi connectivity index (χ1) is 12.4. The number of rotatable bonds is 4. The van der Waals surface area contributed by atoms with Crippen molar-refractivity contribution < 1.29 is 4.79 Å². The molecule has 6 nitrogen and oxygen atoms in total. The van der Waals surface area contributed by atoms with Crippen LogP contribution in [-0.4, -0.2) is 39.0 Å². The molecule has 0 saturated carbocycles. The summed E-state index contributed by atoms with van der Waals surface area (Å²) in [6.07, 6.45) is 2.47. The summed E-state index contributed by atoms with van der Waals surface area (Å²) < 4.78 is 0. The summed E-state index contributed by atoms with van der Waals surface area (Å²) in [7, 11) is 1.79. The van der Waals surface area contributed by atoms with Crippen molar-refractivity contribution in [1.82, 2.24) is 19.9 Å². The Morgan fingerprint density at radius 3 is 2.54 bits per heavy atom. The van der Waals surface area contributed by atoms with E-state index in [0.29, 0.717) is 12.1 Å². The van der Waals surface area contributed by atoms with Crippen LogP contribution in [0.15, 0.2) is 42.6 Å². The summed E-state index contributed by atoms with van der Waals surface area (Å²) in [5, 5.41) is 2.93. The number of carbonyl (C=O) groups is 1. The number of nitrogens with one attached hydrogen (secondary N) is 1. The quantitative estimate of drug-likeness (QED) is 0.779. The van der Waals surface area contributed by atoms with Crippen LogP contribution < -0.4 is 5.32 Å². The second-order valence-corrected chi connectivity index (χ2v) is 6.51. The molecule has 0 bridgehead atoms. The van der Waals surface area contributed by atoms with E-state index in [1.165, 1.54) is 0 Å². The second kappa shape index (κ2) is 7.47. The van der Waals surface area contributed by atoms with Gasteiger partial charge in [-0.1, -0.05) is 6.07 Å². The highest BCUT2D eigenvalue weighted by molar-refractivity contribution is 5.91. The molecular formula is C20H23N5O. The molecule has 3 rings (SSSR count). The third-order valence-corrected chi connectivity index (χ3v) is 4.54. The molecule has 0 saturated heterocycles. The number of pyridine rings is 1. The zero-order chi connectivity index (χ0) is 18.7. The molecule has 0 radical (unpaired) electrons. The maximum Gasteiger partial charge on any atom is 0.321 e. The van der Waals surface area contributed by atoms with Gasteiger partial charge in [-0.05, 0) is 51.1 Å². The predicted octanol–water partition coefficient (Wildman–Crippen LogP) is 3.74. The number of aromatic nitrogens is 3. The summed E-state index contributed by atoms with van der Waals surface area (Å²) in [4.78, 5) is 27.6. The minimum atomic E-state index is -0.162. The average Bonchev–Trinajstić information content (AvgIpc) is 2.63. The van der Waals surface area contributed by atoms with E-state index in [9.17, 15) is 4.79 Å². The zero-order valence-corrected chi connectivity index (χ0v) is 15.5. The van der Waals surface area contributed by atoms with E-state index >= 15 is 0 Å². The molecular weight excluding hydrogens is 326 g/mol. The van der Waals surface area contributed by atoms with Gasteiger partial charge < -0.3 is 10.2 Å². The Kier molecular flexibility index (Phi) is 5.11. The number of carbonyl (C=O) groups excluding carboxylic acids is 1. The summed E-state index contributed by atoms with van der Waals surface area (Å²) in [6.45, 7) is 5.88. The topological polar surface area (TPSA) is 71.0 Å². The monoisotopic (exact) mass is 349 g/mol. The molecule has 2 amide bonds. The molecule has 26 heavy (non-hydrogen) atoms. The zero-order valence-electron chi connectivity index (χ0n) is 15.5. The lowest BCUT2D eigenvalue weighted by Crippen LogP contribution is -2.39. The van der Waals surface area contributed by atoms with Crippen LogP contribution in [0, 0.1) is 13.8 Å². The lowest BCUT2D eigenvalue weighted by atomic mass is 10.1. The average molecular weight is 349 g/mol. The Morgan fingerprint density at radius 2 is 1.85 bits per heavy atom. The van der Waals surface area contributed by atoms with Crippen molar-refractivity contribution in [1.29, 1.82) is 0 Å². The number of anilines is 1. The molecule has 0 aliphatic rings. The van der Waals surface area contributed by atoms with Gasteiger partial charge in [0, 0.05) is 37.1 Å². The standard InChI is InChI=1S/C20H23N5O/c1-13(11-16-7-5-6-10-21-16)25(4)20(26)24-17-8-9-18-19(12-17)23-15(3)14(2)22-18/h5-10,12-13H,11H2,1-4H3,(H,24,26)/t13-/m0/s1. The van der Waals surface area contributed by atoms with Crippen molar-refractivity contribution in [3.8, 4) is 0 Å². The maximum atomic E-state index is 12.6. The van der Waals surface area contributed by atoms with Gasteiger partial charge in [0.2, 0.25) is 0 Å². The van der Waals surface area contributed by atoms with Crippen LogP contribution in [0.5, 0.6) is 0 Å². The van der Waals surface area contributed by atoms with Crippen LogP contribution in [0.3, 0.4) is 0 Å². The number of benzene rings is 1. The number of hydrogen-bond donors (Lipinski definition) is 1. The van der Waals surface area contributed by atoms with Crippen molar-refractivity contribution in [2.24, 2.45) is 0 Å². The lowest BCUT2D eigenvalue weighted by molar-refractivity contribution is 0.207. The van der Waals surface area contributed by atoms with Gasteiger partial charge in [-0.3, -0.25) is 4.98 Å². The summed E-state index contributed by atoms with van der Waals surface area (Å²) in [5.41, 5.74) is 5.07. The van der Waals surface area contributed by atoms with Crippen LogP contribution in [0.25, 0.3) is 11.0 Å². The molecule has 2 heterocycles. The summed E-state index contributed by atoms with van der Waals surface area (Å²) >= 11 is 0. The van der Waals surface area contributed by atoms with Crippen LogP contribution >= 0.6 is 0 Å². The van der Waals surface area contributed by atoms with E-state index in [4.69, 9.17) is 0 Å². The van der Waals surface area contributed by atoms with Gasteiger partial charge in [0.05, 0.1) is 22.4 Å². The largest absolute Gasteiger partial charge is 0.324 e. The van der Waals surface area contributed by atoms with E-state index in [2.05, 4.69) is 20.3 Å². The number of hydrogen-bond acceptors (Lipinski definition) is 4. The Balaban J connectivity index is 1.70. The predicted molar refractivity (Wildman–Crippen MR) is 103 cm³/mol. The summed E-state index contributed by atoms with van der Waals surface area (Å²) in [6, 6.07) is 11.2. The van der Waals surface area contributed by atoms with Gasteiger partial charge in [0.25, 0.3) is 0 Å². The van der Waals surface area contributed by atoms with Crippen LogP contribution in [-0.2, 0) is 6.42 Å². The minimum Gasteiger partial charge on any atom is -0.324 e. The van der Waals surface area contributed by atoms with Crippen molar-refractivity contribution in [2.45, 2.75) is 33.2 Å². The fourth-order valence-electron chi connectivity index (χ4n) is 2.68. The number of nitrogens with zero attached hydrogens (tertiary/aromatic N) is 4. The smallest absolute Gasteiger partial charge is 0.321 e. The molecule has 134 valence electrons. The first kappa shape index (κ1) is 17.8. The van der Waals surface area contributed by atoms with E-state index in [1.54, 1.807) is 18.1 Å². The number of amides is 2. The van der Waals surface area contributed by atoms with Crippen LogP contribution in [0.4, 0.5) is 10.5 Å². The SMILES string of the molecule is Cc1nc2ccc(NC(=O)N(C)[C@@H](C)Cc3ccccn3)cc2nc1C. The summed E-state index contributed by atoms with van der Waals surface area (Å²) in [5.74, 6) is 0. The van der Waals surface area contributed by atoms with E-state index in [0.717, 1.165) is 28.1 Å². The highest BCUT2D eigenvalue weighted by Gasteiger charge is 2.17. The highest BCUT2D eigenvalue weighted by atomic mass is 16.2. The van der Waals surface area contributed by atoms with Crippen molar-refractivity contribution in [2.75, 3.05) is 12.4 Å². The maximum absolute atomic E-state index is 12.6. The molecule has 3 aromatic rings. The van der Waals surface area contributed by atoms with E-state index in [-0.39, 0.29) is 12.1 Å². The Labute approximate surface area is 153 Å². The number of likely N-dealkylation sites (N-methyl/N-ethyl adjacent to an activating group) is 1. The molecule has 0 aliphatic heterocycles. The molecule has 0 aliphatic carbocycles.